The number of rotatable bonds is 10. The fraction of sp³-hybridized carbons (Fsp3) is 0.375. The molecule has 0 spiro atoms. The summed E-state index contributed by atoms with van der Waals surface area (Å²) in [6.07, 6.45) is 3.88. The summed E-state index contributed by atoms with van der Waals surface area (Å²) in [7, 11) is 2.33. The van der Waals surface area contributed by atoms with Crippen molar-refractivity contribution in [3.8, 4) is 28.6 Å². The van der Waals surface area contributed by atoms with E-state index in [1.54, 1.807) is 49.1 Å². The van der Waals surface area contributed by atoms with Crippen molar-refractivity contribution in [1.82, 2.24) is 34.5 Å². The largest absolute Gasteiger partial charge is 0.494 e. The highest BCUT2D eigenvalue weighted by Crippen LogP contribution is 2.37. The number of pyridine rings is 1. The Morgan fingerprint density at radius 2 is 1.76 bits per heavy atom. The summed E-state index contributed by atoms with van der Waals surface area (Å²) in [5.41, 5.74) is 2.04. The number of aryl methyl sites for hydroxylation is 2. The van der Waals surface area contributed by atoms with Gasteiger partial charge in [-0.1, -0.05) is 6.07 Å². The molecule has 0 radical (unpaired) electrons. The summed E-state index contributed by atoms with van der Waals surface area (Å²) in [6, 6.07) is 7.19. The summed E-state index contributed by atoms with van der Waals surface area (Å²) in [5, 5.41) is 11.7. The number of ether oxygens (including phenoxy) is 3. The van der Waals surface area contributed by atoms with Crippen LogP contribution in [-0.4, -0.2) is 69.5 Å². The molecular formula is C24H29N7O5S. The molecule has 4 aromatic rings. The van der Waals surface area contributed by atoms with Crippen LogP contribution in [0.4, 0.5) is 0 Å². The van der Waals surface area contributed by atoms with E-state index in [2.05, 4.69) is 25.3 Å². The van der Waals surface area contributed by atoms with Gasteiger partial charge in [-0.3, -0.25) is 14.2 Å². The van der Waals surface area contributed by atoms with E-state index in [4.69, 9.17) is 14.2 Å². The average Bonchev–Trinajstić information content (AvgIpc) is 3.49. The van der Waals surface area contributed by atoms with Gasteiger partial charge in [0, 0.05) is 32.1 Å². The molecule has 196 valence electrons. The number of para-hydroxylation sites is 1. The quantitative estimate of drug-likeness (QED) is 0.302. The molecule has 0 saturated heterocycles. The van der Waals surface area contributed by atoms with Crippen molar-refractivity contribution in [3.63, 3.8) is 0 Å². The Morgan fingerprint density at radius 1 is 1.05 bits per heavy atom. The van der Waals surface area contributed by atoms with Gasteiger partial charge in [-0.2, -0.15) is 5.10 Å². The van der Waals surface area contributed by atoms with Crippen molar-refractivity contribution >= 4 is 9.84 Å². The van der Waals surface area contributed by atoms with Crippen LogP contribution in [0, 0.1) is 6.92 Å². The molecule has 0 amide bonds. The normalized spacial score (nSPS) is 13.4. The Kier molecular flexibility index (Phi) is 7.55. The van der Waals surface area contributed by atoms with Crippen LogP contribution < -0.4 is 9.47 Å². The zero-order valence-electron chi connectivity index (χ0n) is 21.5. The topological polar surface area (TPSA) is 136 Å². The van der Waals surface area contributed by atoms with Crippen LogP contribution in [0.2, 0.25) is 0 Å². The van der Waals surface area contributed by atoms with Gasteiger partial charge in [0.2, 0.25) is 0 Å². The molecule has 3 heterocycles. The highest BCUT2D eigenvalue weighted by molar-refractivity contribution is 7.91. The molecule has 2 atom stereocenters. The minimum atomic E-state index is -3.84. The van der Waals surface area contributed by atoms with Crippen molar-refractivity contribution < 1.29 is 22.6 Å². The SMILES string of the molecule is COc1cccc(OC)c1-n1c(CS(=O)(=O)[C@H](C)[C@@H](OC)c2ncnn2C)nnc1-c1cncc(C)c1. The zero-order valence-corrected chi connectivity index (χ0v) is 22.3. The van der Waals surface area contributed by atoms with Crippen molar-refractivity contribution in [3.05, 3.63) is 60.2 Å². The lowest BCUT2D eigenvalue weighted by atomic mass is 10.2. The van der Waals surface area contributed by atoms with Crippen LogP contribution in [-0.2, 0) is 27.4 Å². The highest BCUT2D eigenvalue weighted by atomic mass is 32.2. The summed E-state index contributed by atoms with van der Waals surface area (Å²) in [4.78, 5) is 8.45. The number of aromatic nitrogens is 7. The second-order valence-electron chi connectivity index (χ2n) is 8.45. The van der Waals surface area contributed by atoms with Crippen LogP contribution in [0.1, 0.15) is 30.2 Å². The summed E-state index contributed by atoms with van der Waals surface area (Å²) >= 11 is 0. The fourth-order valence-corrected chi connectivity index (χ4v) is 5.55. The third-order valence-corrected chi connectivity index (χ3v) is 8.11. The minimum Gasteiger partial charge on any atom is -0.494 e. The molecule has 0 bridgehead atoms. The average molecular weight is 528 g/mol. The van der Waals surface area contributed by atoms with E-state index in [0.29, 0.717) is 34.4 Å². The summed E-state index contributed by atoms with van der Waals surface area (Å²) in [5.74, 6) is 1.47. The second-order valence-corrected chi connectivity index (χ2v) is 10.8. The van der Waals surface area contributed by atoms with Crippen molar-refractivity contribution in [2.75, 3.05) is 21.3 Å². The van der Waals surface area contributed by atoms with Gasteiger partial charge in [-0.05, 0) is 37.6 Å². The maximum atomic E-state index is 13.7. The maximum Gasteiger partial charge on any atom is 0.170 e. The Hall–Kier alpha value is -3.84. The fourth-order valence-electron chi connectivity index (χ4n) is 4.13. The lowest BCUT2D eigenvalue weighted by Gasteiger charge is -2.22. The van der Waals surface area contributed by atoms with Gasteiger partial charge in [-0.15, -0.1) is 10.2 Å². The van der Waals surface area contributed by atoms with E-state index >= 15 is 0 Å². The molecule has 13 heteroatoms. The van der Waals surface area contributed by atoms with Crippen molar-refractivity contribution in [2.45, 2.75) is 31.0 Å². The van der Waals surface area contributed by atoms with Crippen LogP contribution in [0.3, 0.4) is 0 Å². The lowest BCUT2D eigenvalue weighted by Crippen LogP contribution is -2.30. The van der Waals surface area contributed by atoms with Crippen LogP contribution in [0.25, 0.3) is 17.1 Å². The number of nitrogens with zero attached hydrogens (tertiary/aromatic N) is 7. The molecule has 0 aliphatic carbocycles. The summed E-state index contributed by atoms with van der Waals surface area (Å²) < 4.78 is 47.3. The molecule has 12 nitrogen and oxygen atoms in total. The number of benzene rings is 1. The Bertz CT molecular complexity index is 1480. The smallest absolute Gasteiger partial charge is 0.170 e. The molecule has 3 aromatic heterocycles. The number of hydrogen-bond donors (Lipinski definition) is 0. The minimum absolute atomic E-state index is 0.180. The van der Waals surface area contributed by atoms with Gasteiger partial charge in [0.1, 0.15) is 35.4 Å². The van der Waals surface area contributed by atoms with Gasteiger partial charge >= 0.3 is 0 Å². The molecule has 37 heavy (non-hydrogen) atoms. The van der Waals surface area contributed by atoms with E-state index in [1.807, 2.05) is 13.0 Å². The first-order chi connectivity index (χ1) is 17.7. The van der Waals surface area contributed by atoms with E-state index in [1.165, 1.54) is 32.3 Å². The Balaban J connectivity index is 1.87. The number of sulfone groups is 1. The molecule has 1 aromatic carbocycles. The van der Waals surface area contributed by atoms with Crippen molar-refractivity contribution in [2.24, 2.45) is 7.05 Å². The zero-order chi connectivity index (χ0) is 26.7. The Morgan fingerprint density at radius 3 is 2.32 bits per heavy atom. The van der Waals surface area contributed by atoms with Crippen LogP contribution in [0.5, 0.6) is 11.5 Å². The Labute approximate surface area is 215 Å². The molecule has 4 rings (SSSR count). The molecule has 0 aliphatic heterocycles. The van der Waals surface area contributed by atoms with Crippen LogP contribution >= 0.6 is 0 Å². The molecule has 0 unspecified atom stereocenters. The molecule has 0 aliphatic rings. The first-order valence-electron chi connectivity index (χ1n) is 11.4. The predicted molar refractivity (Wildman–Crippen MR) is 135 cm³/mol. The van der Waals surface area contributed by atoms with E-state index < -0.39 is 26.9 Å². The van der Waals surface area contributed by atoms with Gasteiger partial charge in [0.05, 0.1) is 19.5 Å². The van der Waals surface area contributed by atoms with E-state index in [9.17, 15) is 8.42 Å². The van der Waals surface area contributed by atoms with Gasteiger partial charge < -0.3 is 14.2 Å². The second kappa shape index (κ2) is 10.6. The third-order valence-electron chi connectivity index (χ3n) is 6.07. The predicted octanol–water partition coefficient (Wildman–Crippen LogP) is 2.47. The lowest BCUT2D eigenvalue weighted by molar-refractivity contribution is 0.0917. The van der Waals surface area contributed by atoms with Gasteiger partial charge in [-0.25, -0.2) is 13.4 Å². The van der Waals surface area contributed by atoms with E-state index in [0.717, 1.165) is 5.56 Å². The molecule has 0 fully saturated rings. The standard InChI is InChI=1S/C24H29N7O5S/c1-15-10-17(12-25-11-15)23-29-28-20(31(23)21-18(34-4)8-7-9-19(21)35-5)13-37(32,33)16(2)22(36-6)24-26-14-27-30(24)3/h7-12,14,16,22H,13H2,1-6H3/t16-,22-/m1/s1. The molecule has 0 saturated carbocycles. The monoisotopic (exact) mass is 527 g/mol. The summed E-state index contributed by atoms with van der Waals surface area (Å²) in [6.45, 7) is 3.49. The molecular weight excluding hydrogens is 498 g/mol. The first-order valence-corrected chi connectivity index (χ1v) is 13.1. The number of hydrogen-bond acceptors (Lipinski definition) is 10. The van der Waals surface area contributed by atoms with Gasteiger partial charge in [0.15, 0.2) is 27.3 Å². The maximum absolute atomic E-state index is 13.7. The highest BCUT2D eigenvalue weighted by Gasteiger charge is 2.36. The molecule has 0 N–H and O–H groups in total. The van der Waals surface area contributed by atoms with Crippen LogP contribution in [0.15, 0.2) is 43.0 Å². The number of methoxy groups -OCH3 is 3. The van der Waals surface area contributed by atoms with Crippen molar-refractivity contribution in [1.29, 1.82) is 0 Å². The van der Waals surface area contributed by atoms with E-state index in [-0.39, 0.29) is 5.82 Å². The van der Waals surface area contributed by atoms with Gasteiger partial charge in [0.25, 0.3) is 0 Å². The third kappa shape index (κ3) is 5.04. The first kappa shape index (κ1) is 26.2.